The number of nitro groups is 1. The highest BCUT2D eigenvalue weighted by molar-refractivity contribution is 6.03. The molecule has 10 nitrogen and oxygen atoms in total. The van der Waals surface area contributed by atoms with Gasteiger partial charge < -0.3 is 19.5 Å². The van der Waals surface area contributed by atoms with E-state index in [2.05, 4.69) is 10.4 Å². The molecule has 4 aromatic rings. The van der Waals surface area contributed by atoms with Crippen LogP contribution in [-0.4, -0.2) is 27.7 Å². The molecular formula is C26H24N4O6. The van der Waals surface area contributed by atoms with Gasteiger partial charge in [0.2, 0.25) is 0 Å². The van der Waals surface area contributed by atoms with Gasteiger partial charge in [-0.2, -0.15) is 5.10 Å². The van der Waals surface area contributed by atoms with Crippen LogP contribution in [0.15, 0.2) is 72.9 Å². The summed E-state index contributed by atoms with van der Waals surface area (Å²) in [6.07, 6.45) is 1.61. The van der Waals surface area contributed by atoms with Crippen LogP contribution in [0.5, 0.6) is 23.0 Å². The Morgan fingerprint density at radius 1 is 0.944 bits per heavy atom. The van der Waals surface area contributed by atoms with Gasteiger partial charge in [0.1, 0.15) is 23.0 Å². The van der Waals surface area contributed by atoms with Gasteiger partial charge in [0.25, 0.3) is 11.6 Å². The van der Waals surface area contributed by atoms with Crippen molar-refractivity contribution in [2.45, 2.75) is 20.6 Å². The summed E-state index contributed by atoms with van der Waals surface area (Å²) in [5, 5.41) is 18.3. The number of aromatic nitrogens is 2. The summed E-state index contributed by atoms with van der Waals surface area (Å²) >= 11 is 0. The fraction of sp³-hybridized carbons (Fsp3) is 0.154. The third-order valence-corrected chi connectivity index (χ3v) is 5.09. The highest BCUT2D eigenvalue weighted by atomic mass is 16.6. The van der Waals surface area contributed by atoms with Crippen molar-refractivity contribution in [3.05, 3.63) is 99.9 Å². The molecule has 0 bridgehead atoms. The summed E-state index contributed by atoms with van der Waals surface area (Å²) in [6, 6.07) is 18.2. The van der Waals surface area contributed by atoms with Gasteiger partial charge in [0.15, 0.2) is 12.4 Å². The smallest absolute Gasteiger partial charge is 0.276 e. The zero-order valence-corrected chi connectivity index (χ0v) is 19.9. The molecule has 0 fully saturated rings. The number of ether oxygens (including phenoxy) is 3. The third-order valence-electron chi connectivity index (χ3n) is 5.09. The van der Waals surface area contributed by atoms with E-state index in [0.717, 1.165) is 11.1 Å². The molecule has 0 radical (unpaired) electrons. The van der Waals surface area contributed by atoms with E-state index in [9.17, 15) is 14.9 Å². The van der Waals surface area contributed by atoms with E-state index in [1.54, 1.807) is 37.6 Å². The summed E-state index contributed by atoms with van der Waals surface area (Å²) in [7, 11) is 1.55. The van der Waals surface area contributed by atoms with Crippen LogP contribution < -0.4 is 19.5 Å². The molecule has 0 saturated carbocycles. The lowest BCUT2D eigenvalue weighted by Gasteiger charge is -2.10. The molecule has 0 aliphatic rings. The fourth-order valence-corrected chi connectivity index (χ4v) is 3.51. The number of rotatable bonds is 9. The molecule has 0 unspecified atom stereocenters. The second-order valence-corrected chi connectivity index (χ2v) is 8.04. The third kappa shape index (κ3) is 6.17. The summed E-state index contributed by atoms with van der Waals surface area (Å²) < 4.78 is 18.1. The van der Waals surface area contributed by atoms with E-state index in [1.165, 1.54) is 28.9 Å². The number of carbonyl (C=O) groups is 1. The Morgan fingerprint density at radius 2 is 1.64 bits per heavy atom. The molecule has 3 aromatic carbocycles. The summed E-state index contributed by atoms with van der Waals surface area (Å²) in [5.41, 5.74) is 2.25. The van der Waals surface area contributed by atoms with Gasteiger partial charge in [0.05, 0.1) is 23.8 Å². The van der Waals surface area contributed by atoms with Gasteiger partial charge in [-0.1, -0.05) is 6.07 Å². The number of hydrogen-bond donors (Lipinski definition) is 1. The number of benzene rings is 3. The molecule has 1 aromatic heterocycles. The SMILES string of the molecule is COc1ccc(Oc2cc(NC(=O)c3ccn(COc4cc(C)cc(C)c4)n3)cc([N+](=O)[O-])c2)cc1. The highest BCUT2D eigenvalue weighted by Crippen LogP contribution is 2.30. The first-order chi connectivity index (χ1) is 17.3. The Kier molecular flexibility index (Phi) is 7.15. The summed E-state index contributed by atoms with van der Waals surface area (Å²) in [6.45, 7) is 4.09. The van der Waals surface area contributed by atoms with Crippen molar-refractivity contribution in [3.8, 4) is 23.0 Å². The topological polar surface area (TPSA) is 118 Å². The molecule has 184 valence electrons. The van der Waals surface area contributed by atoms with Gasteiger partial charge in [-0.05, 0) is 67.4 Å². The number of aryl methyl sites for hydroxylation is 2. The maximum Gasteiger partial charge on any atom is 0.276 e. The van der Waals surface area contributed by atoms with Crippen molar-refractivity contribution < 1.29 is 23.9 Å². The molecule has 0 aliphatic carbocycles. The van der Waals surface area contributed by atoms with Crippen LogP contribution >= 0.6 is 0 Å². The predicted octanol–water partition coefficient (Wildman–Crippen LogP) is 5.50. The Morgan fingerprint density at radius 3 is 2.31 bits per heavy atom. The molecule has 1 heterocycles. The predicted molar refractivity (Wildman–Crippen MR) is 133 cm³/mol. The van der Waals surface area contributed by atoms with Crippen molar-refractivity contribution in [1.29, 1.82) is 0 Å². The molecule has 0 spiro atoms. The largest absolute Gasteiger partial charge is 0.497 e. The molecule has 1 N–H and O–H groups in total. The van der Waals surface area contributed by atoms with Crippen molar-refractivity contribution in [2.75, 3.05) is 12.4 Å². The van der Waals surface area contributed by atoms with Crippen LogP contribution in [0.4, 0.5) is 11.4 Å². The van der Waals surface area contributed by atoms with E-state index in [-0.39, 0.29) is 29.5 Å². The first-order valence-electron chi connectivity index (χ1n) is 11.0. The number of nitro benzene ring substituents is 1. The lowest BCUT2D eigenvalue weighted by atomic mass is 10.1. The molecule has 36 heavy (non-hydrogen) atoms. The van der Waals surface area contributed by atoms with Gasteiger partial charge in [-0.15, -0.1) is 0 Å². The van der Waals surface area contributed by atoms with Gasteiger partial charge in [0, 0.05) is 18.3 Å². The summed E-state index contributed by atoms with van der Waals surface area (Å²) in [5.74, 6) is 1.47. The Hall–Kier alpha value is -4.86. The zero-order chi connectivity index (χ0) is 25.7. The van der Waals surface area contributed by atoms with Crippen LogP contribution in [0.2, 0.25) is 0 Å². The monoisotopic (exact) mass is 488 g/mol. The van der Waals surface area contributed by atoms with E-state index in [1.807, 2.05) is 32.0 Å². The quantitative estimate of drug-likeness (QED) is 0.244. The molecule has 10 heteroatoms. The van der Waals surface area contributed by atoms with Crippen LogP contribution in [0.1, 0.15) is 21.6 Å². The van der Waals surface area contributed by atoms with E-state index < -0.39 is 10.8 Å². The van der Waals surface area contributed by atoms with Gasteiger partial charge in [-0.25, -0.2) is 4.68 Å². The second-order valence-electron chi connectivity index (χ2n) is 8.04. The molecule has 1 amide bonds. The zero-order valence-electron chi connectivity index (χ0n) is 19.9. The van der Waals surface area contributed by atoms with Crippen molar-refractivity contribution in [3.63, 3.8) is 0 Å². The molecule has 4 rings (SSSR count). The maximum atomic E-state index is 12.8. The number of amides is 1. The molecule has 0 saturated heterocycles. The number of carbonyl (C=O) groups excluding carboxylic acids is 1. The maximum absolute atomic E-state index is 12.8. The normalized spacial score (nSPS) is 10.5. The second kappa shape index (κ2) is 10.6. The number of anilines is 1. The first kappa shape index (κ1) is 24.3. The van der Waals surface area contributed by atoms with Crippen molar-refractivity contribution in [2.24, 2.45) is 0 Å². The van der Waals surface area contributed by atoms with E-state index in [0.29, 0.717) is 17.2 Å². The summed E-state index contributed by atoms with van der Waals surface area (Å²) in [4.78, 5) is 23.6. The minimum Gasteiger partial charge on any atom is -0.497 e. The average molecular weight is 489 g/mol. The lowest BCUT2D eigenvalue weighted by molar-refractivity contribution is -0.384. The van der Waals surface area contributed by atoms with E-state index >= 15 is 0 Å². The molecule has 0 atom stereocenters. The van der Waals surface area contributed by atoms with Crippen LogP contribution in [-0.2, 0) is 6.73 Å². The number of nitrogens with one attached hydrogen (secondary N) is 1. The van der Waals surface area contributed by atoms with Gasteiger partial charge in [-0.3, -0.25) is 14.9 Å². The van der Waals surface area contributed by atoms with Gasteiger partial charge >= 0.3 is 0 Å². The number of methoxy groups -OCH3 is 1. The number of non-ortho nitro benzene ring substituents is 1. The van der Waals surface area contributed by atoms with Crippen LogP contribution in [0, 0.1) is 24.0 Å². The highest BCUT2D eigenvalue weighted by Gasteiger charge is 2.16. The number of nitrogens with zero attached hydrogens (tertiary/aromatic N) is 3. The molecular weight excluding hydrogens is 464 g/mol. The molecule has 0 aliphatic heterocycles. The Balaban J connectivity index is 1.45. The minimum atomic E-state index is -0.560. The first-order valence-corrected chi connectivity index (χ1v) is 11.0. The fourth-order valence-electron chi connectivity index (χ4n) is 3.51. The lowest BCUT2D eigenvalue weighted by Crippen LogP contribution is -2.14. The Labute approximate surface area is 207 Å². The van der Waals surface area contributed by atoms with Crippen LogP contribution in [0.3, 0.4) is 0 Å². The standard InChI is InChI=1S/C26H24N4O6/c1-17-10-18(2)12-23(11-17)35-16-29-9-8-25(28-29)26(31)27-19-13-20(30(32)33)15-24(14-19)36-22-6-4-21(34-3)5-7-22/h4-15H,16H2,1-3H3,(H,27,31). The van der Waals surface area contributed by atoms with Crippen molar-refractivity contribution in [1.82, 2.24) is 9.78 Å². The Bertz CT molecular complexity index is 1380. The van der Waals surface area contributed by atoms with Crippen LogP contribution in [0.25, 0.3) is 0 Å². The van der Waals surface area contributed by atoms with E-state index in [4.69, 9.17) is 14.2 Å². The average Bonchev–Trinajstić information content (AvgIpc) is 3.32. The number of hydrogen-bond acceptors (Lipinski definition) is 7. The van der Waals surface area contributed by atoms with Crippen molar-refractivity contribution >= 4 is 17.3 Å². The minimum absolute atomic E-state index is 0.118.